The van der Waals surface area contributed by atoms with Crippen LogP contribution in [0.2, 0.25) is 0 Å². The third kappa shape index (κ3) is 1.71. The maximum Gasteiger partial charge on any atom is 0.202 e. The maximum atomic E-state index is 5.87. The molecule has 2 aromatic rings. The van der Waals surface area contributed by atoms with Gasteiger partial charge in [-0.3, -0.25) is 0 Å². The van der Waals surface area contributed by atoms with Crippen LogP contribution in [0.1, 0.15) is 17.4 Å². The first-order valence-corrected chi connectivity index (χ1v) is 5.31. The van der Waals surface area contributed by atoms with Gasteiger partial charge in [-0.25, -0.2) is 4.99 Å². The van der Waals surface area contributed by atoms with Gasteiger partial charge in [-0.05, 0) is 24.3 Å². The molecule has 1 aromatic carbocycles. The summed E-state index contributed by atoms with van der Waals surface area (Å²) < 4.78 is 0. The second-order valence-electron chi connectivity index (χ2n) is 3.75. The SMILES string of the molecule is Nc1ccccc1C1=N[C@H](c2ccc[nH]2)N=N1. The van der Waals surface area contributed by atoms with E-state index < -0.39 is 0 Å². The molecular formula is C12H11N5. The molecule has 1 atom stereocenters. The Kier molecular flexibility index (Phi) is 2.22. The predicted molar refractivity (Wildman–Crippen MR) is 65.8 cm³/mol. The van der Waals surface area contributed by atoms with Crippen LogP contribution in [0.3, 0.4) is 0 Å². The molecule has 0 bridgehead atoms. The van der Waals surface area contributed by atoms with E-state index in [0.29, 0.717) is 11.5 Å². The molecule has 0 amide bonds. The van der Waals surface area contributed by atoms with E-state index in [1.165, 1.54) is 0 Å². The molecule has 0 fully saturated rings. The smallest absolute Gasteiger partial charge is 0.202 e. The van der Waals surface area contributed by atoms with Gasteiger partial charge in [-0.2, -0.15) is 5.11 Å². The van der Waals surface area contributed by atoms with Gasteiger partial charge in [0.1, 0.15) is 0 Å². The Balaban J connectivity index is 1.95. The zero-order valence-corrected chi connectivity index (χ0v) is 9.04. The Labute approximate surface area is 98.1 Å². The number of aromatic amines is 1. The number of anilines is 1. The predicted octanol–water partition coefficient (Wildman–Crippen LogP) is 2.51. The third-order valence-electron chi connectivity index (χ3n) is 2.61. The highest BCUT2D eigenvalue weighted by molar-refractivity contribution is 6.04. The summed E-state index contributed by atoms with van der Waals surface area (Å²) in [5.74, 6) is 0.586. The number of nitrogen functional groups attached to an aromatic ring is 1. The number of nitrogens with zero attached hydrogens (tertiary/aromatic N) is 3. The van der Waals surface area contributed by atoms with Crippen molar-refractivity contribution in [2.75, 3.05) is 5.73 Å². The summed E-state index contributed by atoms with van der Waals surface area (Å²) in [6.45, 7) is 0. The van der Waals surface area contributed by atoms with Crippen molar-refractivity contribution < 1.29 is 0 Å². The lowest BCUT2D eigenvalue weighted by Crippen LogP contribution is -2.00. The van der Waals surface area contributed by atoms with E-state index in [0.717, 1.165) is 11.3 Å². The number of nitrogens with two attached hydrogens (primary N) is 1. The Morgan fingerprint density at radius 2 is 2.00 bits per heavy atom. The molecule has 0 aliphatic carbocycles. The van der Waals surface area contributed by atoms with Gasteiger partial charge >= 0.3 is 0 Å². The van der Waals surface area contributed by atoms with Crippen LogP contribution in [0.4, 0.5) is 5.69 Å². The van der Waals surface area contributed by atoms with Crippen LogP contribution >= 0.6 is 0 Å². The van der Waals surface area contributed by atoms with Crippen LogP contribution < -0.4 is 5.73 Å². The van der Waals surface area contributed by atoms with E-state index in [-0.39, 0.29) is 6.17 Å². The molecule has 84 valence electrons. The highest BCUT2D eigenvalue weighted by atomic mass is 15.3. The first kappa shape index (κ1) is 9.77. The minimum atomic E-state index is -0.278. The summed E-state index contributed by atoms with van der Waals surface area (Å²) in [7, 11) is 0. The maximum absolute atomic E-state index is 5.87. The van der Waals surface area contributed by atoms with Crippen LogP contribution in [0.15, 0.2) is 57.8 Å². The summed E-state index contributed by atoms with van der Waals surface area (Å²) >= 11 is 0. The molecule has 0 spiro atoms. The van der Waals surface area contributed by atoms with Gasteiger partial charge in [-0.15, -0.1) is 5.11 Å². The molecule has 3 N–H and O–H groups in total. The second kappa shape index (κ2) is 3.86. The minimum absolute atomic E-state index is 0.278. The molecule has 1 aliphatic heterocycles. The molecule has 1 aliphatic rings. The van der Waals surface area contributed by atoms with Crippen molar-refractivity contribution in [2.24, 2.45) is 15.2 Å². The van der Waals surface area contributed by atoms with Crippen molar-refractivity contribution >= 4 is 11.5 Å². The number of nitrogens with one attached hydrogen (secondary N) is 1. The summed E-state index contributed by atoms with van der Waals surface area (Å²) in [5.41, 5.74) is 8.29. The molecule has 0 unspecified atom stereocenters. The molecule has 0 saturated heterocycles. The summed E-state index contributed by atoms with van der Waals surface area (Å²) in [4.78, 5) is 7.51. The number of amidine groups is 1. The summed E-state index contributed by atoms with van der Waals surface area (Å²) in [6.07, 6.45) is 1.56. The Morgan fingerprint density at radius 3 is 2.76 bits per heavy atom. The van der Waals surface area contributed by atoms with Crippen molar-refractivity contribution in [1.82, 2.24) is 4.98 Å². The molecular weight excluding hydrogens is 214 g/mol. The normalized spacial score (nSPS) is 18.4. The number of aliphatic imine (C=N–C) groups is 1. The van der Waals surface area contributed by atoms with E-state index in [1.54, 1.807) is 0 Å². The van der Waals surface area contributed by atoms with E-state index in [9.17, 15) is 0 Å². The number of hydrogen-bond acceptors (Lipinski definition) is 4. The van der Waals surface area contributed by atoms with E-state index in [1.807, 2.05) is 42.6 Å². The Bertz CT molecular complexity index is 583. The van der Waals surface area contributed by atoms with Crippen LogP contribution in [-0.4, -0.2) is 10.8 Å². The third-order valence-corrected chi connectivity index (χ3v) is 2.61. The molecule has 5 heteroatoms. The summed E-state index contributed by atoms with van der Waals surface area (Å²) in [5, 5.41) is 8.19. The highest BCUT2D eigenvalue weighted by Crippen LogP contribution is 2.26. The van der Waals surface area contributed by atoms with Gasteiger partial charge < -0.3 is 10.7 Å². The minimum Gasteiger partial charge on any atom is -0.398 e. The number of hydrogen-bond donors (Lipinski definition) is 2. The summed E-state index contributed by atoms with van der Waals surface area (Å²) in [6, 6.07) is 11.4. The van der Waals surface area contributed by atoms with E-state index in [2.05, 4.69) is 20.2 Å². The number of H-pyrrole nitrogens is 1. The largest absolute Gasteiger partial charge is 0.398 e. The van der Waals surface area contributed by atoms with Crippen molar-refractivity contribution in [3.63, 3.8) is 0 Å². The zero-order valence-electron chi connectivity index (χ0n) is 9.04. The van der Waals surface area contributed by atoms with Crippen molar-refractivity contribution in [3.8, 4) is 0 Å². The van der Waals surface area contributed by atoms with Crippen LogP contribution in [-0.2, 0) is 0 Å². The fourth-order valence-corrected chi connectivity index (χ4v) is 1.74. The first-order valence-electron chi connectivity index (χ1n) is 5.31. The number of benzene rings is 1. The van der Waals surface area contributed by atoms with Crippen LogP contribution in [0.5, 0.6) is 0 Å². The molecule has 0 radical (unpaired) electrons. The van der Waals surface area contributed by atoms with Crippen molar-refractivity contribution in [2.45, 2.75) is 6.17 Å². The Morgan fingerprint density at radius 1 is 1.12 bits per heavy atom. The van der Waals surface area contributed by atoms with Crippen molar-refractivity contribution in [3.05, 3.63) is 53.9 Å². The van der Waals surface area contributed by atoms with Crippen LogP contribution in [0, 0.1) is 0 Å². The lowest BCUT2D eigenvalue weighted by molar-refractivity contribution is 0.747. The quantitative estimate of drug-likeness (QED) is 0.756. The topological polar surface area (TPSA) is 78.9 Å². The van der Waals surface area contributed by atoms with Gasteiger partial charge in [-0.1, -0.05) is 12.1 Å². The first-order chi connectivity index (χ1) is 8.34. The zero-order chi connectivity index (χ0) is 11.7. The molecule has 17 heavy (non-hydrogen) atoms. The van der Waals surface area contributed by atoms with Gasteiger partial charge in [0.2, 0.25) is 6.17 Å². The number of rotatable bonds is 2. The van der Waals surface area contributed by atoms with Crippen LogP contribution in [0.25, 0.3) is 0 Å². The molecule has 0 saturated carbocycles. The number of azo groups is 1. The molecule has 1 aromatic heterocycles. The van der Waals surface area contributed by atoms with Gasteiger partial charge in [0.15, 0.2) is 5.84 Å². The average molecular weight is 225 g/mol. The lowest BCUT2D eigenvalue weighted by atomic mass is 10.1. The molecule has 2 heterocycles. The highest BCUT2D eigenvalue weighted by Gasteiger charge is 2.18. The van der Waals surface area contributed by atoms with Gasteiger partial charge in [0.25, 0.3) is 0 Å². The van der Waals surface area contributed by atoms with E-state index in [4.69, 9.17) is 5.73 Å². The van der Waals surface area contributed by atoms with E-state index >= 15 is 0 Å². The fraction of sp³-hybridized carbons (Fsp3) is 0.0833. The number of para-hydroxylation sites is 1. The number of aromatic nitrogens is 1. The second-order valence-corrected chi connectivity index (χ2v) is 3.75. The van der Waals surface area contributed by atoms with Gasteiger partial charge in [0.05, 0.1) is 5.69 Å². The molecule has 3 rings (SSSR count). The lowest BCUT2D eigenvalue weighted by Gasteiger charge is -2.01. The van der Waals surface area contributed by atoms with Gasteiger partial charge in [0, 0.05) is 17.4 Å². The fourth-order valence-electron chi connectivity index (χ4n) is 1.74. The average Bonchev–Trinajstić information content (AvgIpc) is 3.00. The molecule has 5 nitrogen and oxygen atoms in total. The van der Waals surface area contributed by atoms with Crippen molar-refractivity contribution in [1.29, 1.82) is 0 Å². The Hall–Kier alpha value is -2.43. The standard InChI is InChI=1S/C12H11N5/c13-9-5-2-1-4-8(9)11-15-12(17-16-11)10-6-3-7-14-10/h1-7,12,14H,13H2/t12-/m0/s1. The monoisotopic (exact) mass is 225 g/mol.